The first-order valence-electron chi connectivity index (χ1n) is 5.56. The number of fused-ring (bicyclic) bond motifs is 1. The van der Waals surface area contributed by atoms with Crippen LogP contribution in [0, 0.1) is 0 Å². The quantitative estimate of drug-likeness (QED) is 0.788. The minimum absolute atomic E-state index is 1.00. The molecule has 2 heteroatoms. The second-order valence-corrected chi connectivity index (χ2v) is 3.71. The third-order valence-electron chi connectivity index (χ3n) is 2.54. The minimum Gasteiger partial charge on any atom is -0.319 e. The summed E-state index contributed by atoms with van der Waals surface area (Å²) < 4.78 is 0. The van der Waals surface area contributed by atoms with Crippen molar-refractivity contribution >= 4 is 16.8 Å². The van der Waals surface area contributed by atoms with Crippen LogP contribution in [0.3, 0.4) is 0 Å². The van der Waals surface area contributed by atoms with Crippen LogP contribution in [-0.2, 0) is 0 Å². The fraction of sp³-hybridized carbons (Fsp3) is 0.214. The van der Waals surface area contributed by atoms with E-state index in [4.69, 9.17) is 0 Å². The van der Waals surface area contributed by atoms with Crippen LogP contribution in [-0.4, -0.2) is 18.6 Å². The molecule has 0 saturated heterocycles. The van der Waals surface area contributed by atoms with Crippen LogP contribution < -0.4 is 5.32 Å². The summed E-state index contributed by atoms with van der Waals surface area (Å²) in [6, 6.07) is 10.4. The Morgan fingerprint density at radius 3 is 3.00 bits per heavy atom. The maximum Gasteiger partial charge on any atom is 0.0704 e. The zero-order chi connectivity index (χ0) is 11.2. The van der Waals surface area contributed by atoms with Crippen molar-refractivity contribution in [2.24, 2.45) is 0 Å². The summed E-state index contributed by atoms with van der Waals surface area (Å²) in [5.41, 5.74) is 1.05. The molecule has 0 aliphatic carbocycles. The molecule has 0 amide bonds. The van der Waals surface area contributed by atoms with Gasteiger partial charge in [-0.3, -0.25) is 4.98 Å². The molecular formula is C14H16N2. The van der Waals surface area contributed by atoms with Crippen molar-refractivity contribution in [1.82, 2.24) is 10.3 Å². The third kappa shape index (κ3) is 2.47. The molecule has 0 spiro atoms. The van der Waals surface area contributed by atoms with E-state index in [1.54, 1.807) is 0 Å². The first-order chi connectivity index (χ1) is 7.92. The van der Waals surface area contributed by atoms with E-state index in [9.17, 15) is 0 Å². The van der Waals surface area contributed by atoms with Crippen LogP contribution in [0.4, 0.5) is 0 Å². The van der Waals surface area contributed by atoms with Gasteiger partial charge in [0.25, 0.3) is 0 Å². The number of hydrogen-bond donors (Lipinski definition) is 1. The molecular weight excluding hydrogens is 196 g/mol. The highest BCUT2D eigenvalue weighted by Crippen LogP contribution is 2.17. The van der Waals surface area contributed by atoms with Gasteiger partial charge in [0.2, 0.25) is 0 Å². The maximum absolute atomic E-state index is 4.40. The van der Waals surface area contributed by atoms with Crippen LogP contribution in [0.5, 0.6) is 0 Å². The van der Waals surface area contributed by atoms with Crippen LogP contribution >= 0.6 is 0 Å². The lowest BCUT2D eigenvalue weighted by Gasteiger charge is -2.00. The highest BCUT2D eigenvalue weighted by atomic mass is 14.8. The Kier molecular flexibility index (Phi) is 3.67. The van der Waals surface area contributed by atoms with Gasteiger partial charge in [0.15, 0.2) is 0 Å². The summed E-state index contributed by atoms with van der Waals surface area (Å²) in [6.45, 7) is 1.00. The molecule has 0 radical (unpaired) electrons. The lowest BCUT2D eigenvalue weighted by atomic mass is 10.1. The largest absolute Gasteiger partial charge is 0.319 e. The Morgan fingerprint density at radius 2 is 2.12 bits per heavy atom. The molecule has 0 bridgehead atoms. The van der Waals surface area contributed by atoms with Crippen LogP contribution in [0.15, 0.2) is 42.6 Å². The van der Waals surface area contributed by atoms with Gasteiger partial charge in [-0.25, -0.2) is 0 Å². The van der Waals surface area contributed by atoms with E-state index >= 15 is 0 Å². The highest BCUT2D eigenvalue weighted by Gasteiger charge is 1.96. The van der Waals surface area contributed by atoms with Crippen molar-refractivity contribution in [3.8, 4) is 0 Å². The maximum atomic E-state index is 4.40. The summed E-state index contributed by atoms with van der Waals surface area (Å²) in [6.07, 6.45) is 7.15. The average Bonchev–Trinajstić information content (AvgIpc) is 2.35. The van der Waals surface area contributed by atoms with E-state index in [2.05, 4.69) is 46.7 Å². The Bertz CT molecular complexity index is 484. The number of pyridine rings is 1. The third-order valence-corrected chi connectivity index (χ3v) is 2.54. The number of nitrogens with one attached hydrogen (secondary N) is 1. The van der Waals surface area contributed by atoms with Crippen LogP contribution in [0.1, 0.15) is 12.1 Å². The summed E-state index contributed by atoms with van der Waals surface area (Å²) in [4.78, 5) is 4.40. The first kappa shape index (κ1) is 10.8. The van der Waals surface area contributed by atoms with Crippen LogP contribution in [0.25, 0.3) is 16.8 Å². The van der Waals surface area contributed by atoms with Gasteiger partial charge in [-0.1, -0.05) is 30.3 Å². The Morgan fingerprint density at radius 1 is 1.25 bits per heavy atom. The second kappa shape index (κ2) is 5.42. The molecule has 0 aliphatic rings. The molecule has 1 aromatic heterocycles. The molecule has 1 aromatic carbocycles. The SMILES string of the molecule is CNCCC=Cc1nccc2ccccc12. The molecule has 16 heavy (non-hydrogen) atoms. The topological polar surface area (TPSA) is 24.9 Å². The van der Waals surface area contributed by atoms with Crippen LogP contribution in [0.2, 0.25) is 0 Å². The van der Waals surface area contributed by atoms with E-state index in [1.165, 1.54) is 10.8 Å². The Balaban J connectivity index is 2.27. The molecule has 2 aromatic rings. The Hall–Kier alpha value is -1.67. The van der Waals surface area contributed by atoms with Gasteiger partial charge in [-0.15, -0.1) is 0 Å². The number of rotatable bonds is 4. The van der Waals surface area contributed by atoms with Crippen molar-refractivity contribution in [3.05, 3.63) is 48.3 Å². The molecule has 0 atom stereocenters. The lowest BCUT2D eigenvalue weighted by Crippen LogP contribution is -2.05. The molecule has 0 unspecified atom stereocenters. The number of benzene rings is 1. The standard InChI is InChI=1S/C14H16N2/c1-15-10-5-4-8-14-13-7-3-2-6-12(13)9-11-16-14/h2-4,6-9,11,15H,5,10H2,1H3. The number of nitrogens with zero attached hydrogens (tertiary/aromatic N) is 1. The molecule has 0 aliphatic heterocycles. The van der Waals surface area contributed by atoms with Gasteiger partial charge in [-0.2, -0.15) is 0 Å². The zero-order valence-electron chi connectivity index (χ0n) is 9.48. The van der Waals surface area contributed by atoms with E-state index in [1.807, 2.05) is 19.3 Å². The van der Waals surface area contributed by atoms with E-state index in [-0.39, 0.29) is 0 Å². The van der Waals surface area contributed by atoms with Crippen molar-refractivity contribution in [2.45, 2.75) is 6.42 Å². The van der Waals surface area contributed by atoms with Crippen molar-refractivity contribution < 1.29 is 0 Å². The van der Waals surface area contributed by atoms with Gasteiger partial charge in [0.1, 0.15) is 0 Å². The molecule has 82 valence electrons. The minimum atomic E-state index is 1.00. The first-order valence-corrected chi connectivity index (χ1v) is 5.56. The normalized spacial score (nSPS) is 11.3. The fourth-order valence-electron chi connectivity index (χ4n) is 1.70. The second-order valence-electron chi connectivity index (χ2n) is 3.71. The zero-order valence-corrected chi connectivity index (χ0v) is 9.48. The molecule has 0 fully saturated rings. The average molecular weight is 212 g/mol. The number of hydrogen-bond acceptors (Lipinski definition) is 2. The number of aromatic nitrogens is 1. The monoisotopic (exact) mass is 212 g/mol. The van der Waals surface area contributed by atoms with Crippen molar-refractivity contribution in [3.63, 3.8) is 0 Å². The van der Waals surface area contributed by atoms with Crippen molar-refractivity contribution in [1.29, 1.82) is 0 Å². The van der Waals surface area contributed by atoms with Gasteiger partial charge in [0, 0.05) is 11.6 Å². The van der Waals surface area contributed by atoms with Gasteiger partial charge in [0.05, 0.1) is 5.69 Å². The Labute approximate surface area is 96.0 Å². The smallest absolute Gasteiger partial charge is 0.0704 e. The highest BCUT2D eigenvalue weighted by molar-refractivity contribution is 5.88. The molecule has 1 N–H and O–H groups in total. The van der Waals surface area contributed by atoms with E-state index in [0.717, 1.165) is 18.7 Å². The van der Waals surface area contributed by atoms with Gasteiger partial charge >= 0.3 is 0 Å². The summed E-state index contributed by atoms with van der Waals surface area (Å²) >= 11 is 0. The van der Waals surface area contributed by atoms with E-state index < -0.39 is 0 Å². The van der Waals surface area contributed by atoms with E-state index in [0.29, 0.717) is 0 Å². The summed E-state index contributed by atoms with van der Waals surface area (Å²) in [7, 11) is 1.96. The summed E-state index contributed by atoms with van der Waals surface area (Å²) in [5.74, 6) is 0. The van der Waals surface area contributed by atoms with Gasteiger partial charge < -0.3 is 5.32 Å². The summed E-state index contributed by atoms with van der Waals surface area (Å²) in [5, 5.41) is 5.57. The fourth-order valence-corrected chi connectivity index (χ4v) is 1.70. The van der Waals surface area contributed by atoms with Crippen molar-refractivity contribution in [2.75, 3.05) is 13.6 Å². The molecule has 1 heterocycles. The molecule has 2 nitrogen and oxygen atoms in total. The lowest BCUT2D eigenvalue weighted by molar-refractivity contribution is 0.809. The molecule has 0 saturated carbocycles. The molecule has 2 rings (SSSR count). The van der Waals surface area contributed by atoms with Gasteiger partial charge in [-0.05, 0) is 37.5 Å². The predicted molar refractivity (Wildman–Crippen MR) is 69.3 cm³/mol. The predicted octanol–water partition coefficient (Wildman–Crippen LogP) is 2.86.